The molecule has 1 heterocycles. The van der Waals surface area contributed by atoms with Gasteiger partial charge in [0.15, 0.2) is 5.54 Å². The number of alkyl carbamates (subject to hydrolysis) is 1. The van der Waals surface area contributed by atoms with Gasteiger partial charge in [0, 0.05) is 31.4 Å². The Morgan fingerprint density at radius 2 is 1.71 bits per heavy atom. The molecule has 2 amide bonds. The van der Waals surface area contributed by atoms with E-state index in [1.54, 1.807) is 0 Å². The molecular formula is C27H30N2O6. The van der Waals surface area contributed by atoms with Crippen LogP contribution >= 0.6 is 0 Å². The highest BCUT2D eigenvalue weighted by Crippen LogP contribution is 2.44. The molecule has 1 saturated heterocycles. The van der Waals surface area contributed by atoms with Crippen molar-refractivity contribution in [3.05, 3.63) is 59.7 Å². The monoisotopic (exact) mass is 478 g/mol. The number of carboxylic acid groups (broad SMARTS) is 1. The predicted octanol–water partition coefficient (Wildman–Crippen LogP) is 3.44. The number of carbonyl (C=O) groups excluding carboxylic acids is 2. The van der Waals surface area contributed by atoms with E-state index in [1.807, 2.05) is 24.3 Å². The molecule has 2 aromatic rings. The molecule has 2 fully saturated rings. The number of nitrogens with one attached hydrogen (secondary N) is 2. The van der Waals surface area contributed by atoms with Crippen molar-refractivity contribution in [2.75, 3.05) is 19.8 Å². The third-order valence-electron chi connectivity index (χ3n) is 7.58. The second kappa shape index (κ2) is 9.70. The van der Waals surface area contributed by atoms with Crippen molar-refractivity contribution in [3.8, 4) is 11.1 Å². The predicted molar refractivity (Wildman–Crippen MR) is 128 cm³/mol. The van der Waals surface area contributed by atoms with Crippen LogP contribution in [0.2, 0.25) is 0 Å². The van der Waals surface area contributed by atoms with Crippen LogP contribution < -0.4 is 10.6 Å². The highest BCUT2D eigenvalue weighted by atomic mass is 16.5. The number of hydrogen-bond acceptors (Lipinski definition) is 5. The molecule has 5 rings (SSSR count). The Hall–Kier alpha value is -3.39. The molecule has 35 heavy (non-hydrogen) atoms. The number of hydrogen-bond donors (Lipinski definition) is 3. The fraction of sp³-hybridized carbons (Fsp3) is 0.444. The molecule has 8 nitrogen and oxygen atoms in total. The van der Waals surface area contributed by atoms with Crippen molar-refractivity contribution in [2.45, 2.75) is 49.6 Å². The average Bonchev–Trinajstić information content (AvgIpc) is 3.40. The Balaban J connectivity index is 1.21. The maximum atomic E-state index is 12.8. The van der Waals surface area contributed by atoms with Gasteiger partial charge < -0.3 is 25.2 Å². The zero-order valence-electron chi connectivity index (χ0n) is 19.5. The van der Waals surface area contributed by atoms with E-state index in [2.05, 4.69) is 34.9 Å². The van der Waals surface area contributed by atoms with Crippen molar-refractivity contribution in [1.29, 1.82) is 0 Å². The van der Waals surface area contributed by atoms with E-state index in [-0.39, 0.29) is 44.5 Å². The summed E-state index contributed by atoms with van der Waals surface area (Å²) < 4.78 is 10.9. The summed E-state index contributed by atoms with van der Waals surface area (Å²) in [5, 5.41) is 15.1. The molecule has 0 radical (unpaired) electrons. The number of amides is 2. The summed E-state index contributed by atoms with van der Waals surface area (Å²) in [7, 11) is 0. The molecule has 0 spiro atoms. The van der Waals surface area contributed by atoms with E-state index >= 15 is 0 Å². The molecule has 1 saturated carbocycles. The number of ether oxygens (including phenoxy) is 2. The number of rotatable bonds is 8. The zero-order valence-corrected chi connectivity index (χ0v) is 19.5. The smallest absolute Gasteiger partial charge is 0.407 e. The van der Waals surface area contributed by atoms with E-state index in [4.69, 9.17) is 9.47 Å². The summed E-state index contributed by atoms with van der Waals surface area (Å²) in [5.74, 6) is -1.39. The van der Waals surface area contributed by atoms with Gasteiger partial charge in [0.2, 0.25) is 5.91 Å². The molecule has 2 aliphatic carbocycles. The summed E-state index contributed by atoms with van der Waals surface area (Å²) in [6, 6.07) is 15.9. The first-order valence-electron chi connectivity index (χ1n) is 12.2. The van der Waals surface area contributed by atoms with Crippen molar-refractivity contribution in [1.82, 2.24) is 10.6 Å². The minimum absolute atomic E-state index is 0.00386. The van der Waals surface area contributed by atoms with Crippen molar-refractivity contribution in [2.24, 2.45) is 5.92 Å². The quantitative estimate of drug-likeness (QED) is 0.536. The fourth-order valence-corrected chi connectivity index (χ4v) is 5.37. The molecule has 2 aromatic carbocycles. The number of aliphatic carboxylic acids is 1. The lowest BCUT2D eigenvalue weighted by atomic mass is 9.78. The molecule has 1 aliphatic heterocycles. The molecule has 3 aliphatic rings. The van der Waals surface area contributed by atoms with E-state index < -0.39 is 29.6 Å². The Labute approximate surface area is 204 Å². The highest BCUT2D eigenvalue weighted by Gasteiger charge is 2.44. The van der Waals surface area contributed by atoms with Gasteiger partial charge in [-0.05, 0) is 41.0 Å². The van der Waals surface area contributed by atoms with Crippen LogP contribution in [-0.4, -0.2) is 54.5 Å². The van der Waals surface area contributed by atoms with E-state index in [0.29, 0.717) is 0 Å². The molecule has 2 unspecified atom stereocenters. The number of benzene rings is 2. The van der Waals surface area contributed by atoms with E-state index in [0.717, 1.165) is 41.5 Å². The van der Waals surface area contributed by atoms with Crippen LogP contribution in [0.15, 0.2) is 48.5 Å². The Kier molecular flexibility index (Phi) is 6.47. The highest BCUT2D eigenvalue weighted by molar-refractivity contribution is 5.88. The van der Waals surface area contributed by atoms with Crippen LogP contribution in [0.3, 0.4) is 0 Å². The molecule has 184 valence electrons. The van der Waals surface area contributed by atoms with Crippen LogP contribution in [0.1, 0.15) is 49.1 Å². The van der Waals surface area contributed by atoms with Gasteiger partial charge in [0.25, 0.3) is 0 Å². The van der Waals surface area contributed by atoms with E-state index in [1.165, 1.54) is 0 Å². The summed E-state index contributed by atoms with van der Waals surface area (Å²) in [5.41, 5.74) is 3.18. The first-order valence-corrected chi connectivity index (χ1v) is 12.2. The second-order valence-electron chi connectivity index (χ2n) is 9.71. The van der Waals surface area contributed by atoms with Gasteiger partial charge >= 0.3 is 12.1 Å². The lowest BCUT2D eigenvalue weighted by Crippen LogP contribution is -2.56. The van der Waals surface area contributed by atoms with Crippen LogP contribution in [0.25, 0.3) is 11.1 Å². The summed E-state index contributed by atoms with van der Waals surface area (Å²) in [4.78, 5) is 37.3. The Morgan fingerprint density at radius 1 is 1.06 bits per heavy atom. The lowest BCUT2D eigenvalue weighted by Gasteiger charge is -2.34. The molecular weight excluding hydrogens is 448 g/mol. The van der Waals surface area contributed by atoms with Gasteiger partial charge in [-0.25, -0.2) is 9.59 Å². The molecule has 8 heteroatoms. The second-order valence-corrected chi connectivity index (χ2v) is 9.71. The van der Waals surface area contributed by atoms with E-state index in [9.17, 15) is 19.5 Å². The topological polar surface area (TPSA) is 114 Å². The SMILES string of the molecule is O=C(CC(NC(=O)OCC1c2ccccc2-c2ccccc21)C1CCC1)NC1(C(=O)O)CCOC1. The number of fused-ring (bicyclic) bond motifs is 3. The van der Waals surface area contributed by atoms with Gasteiger partial charge in [-0.2, -0.15) is 0 Å². The average molecular weight is 479 g/mol. The Bertz CT molecular complexity index is 1080. The fourth-order valence-electron chi connectivity index (χ4n) is 5.37. The first-order chi connectivity index (χ1) is 17.0. The lowest BCUT2D eigenvalue weighted by molar-refractivity contribution is -0.147. The van der Waals surface area contributed by atoms with Crippen LogP contribution in [-0.2, 0) is 19.1 Å². The minimum Gasteiger partial charge on any atom is -0.479 e. The van der Waals surface area contributed by atoms with Crippen molar-refractivity contribution < 1.29 is 29.0 Å². The Morgan fingerprint density at radius 3 is 2.26 bits per heavy atom. The van der Waals surface area contributed by atoms with Gasteiger partial charge in [-0.1, -0.05) is 55.0 Å². The first kappa shape index (κ1) is 23.4. The molecule has 3 N–H and O–H groups in total. The van der Waals surface area contributed by atoms with Gasteiger partial charge in [0.05, 0.1) is 6.61 Å². The minimum atomic E-state index is -1.40. The van der Waals surface area contributed by atoms with Crippen molar-refractivity contribution >= 4 is 18.0 Å². The largest absolute Gasteiger partial charge is 0.479 e. The molecule has 0 bridgehead atoms. The normalized spacial score (nSPS) is 21.9. The van der Waals surface area contributed by atoms with Gasteiger partial charge in [-0.15, -0.1) is 0 Å². The van der Waals surface area contributed by atoms with Crippen LogP contribution in [0.5, 0.6) is 0 Å². The summed E-state index contributed by atoms with van der Waals surface area (Å²) in [6.45, 7) is 0.432. The third kappa shape index (κ3) is 4.62. The number of carbonyl (C=O) groups is 3. The third-order valence-corrected chi connectivity index (χ3v) is 7.58. The van der Waals surface area contributed by atoms with Crippen LogP contribution in [0.4, 0.5) is 4.79 Å². The maximum absolute atomic E-state index is 12.8. The van der Waals surface area contributed by atoms with Gasteiger partial charge in [-0.3, -0.25) is 4.79 Å². The number of carboxylic acids is 1. The zero-order chi connectivity index (χ0) is 24.4. The summed E-state index contributed by atoms with van der Waals surface area (Å²) >= 11 is 0. The molecule has 2 atom stereocenters. The standard InChI is InChI=1S/C27H30N2O6/c30-24(29-27(25(31)32)12-13-34-16-27)14-23(17-6-5-7-17)28-26(33)35-15-22-20-10-3-1-8-18(20)19-9-2-4-11-21(19)22/h1-4,8-11,17,22-23H,5-7,12-16H2,(H,28,33)(H,29,30)(H,31,32). The maximum Gasteiger partial charge on any atom is 0.407 e. The van der Waals surface area contributed by atoms with Gasteiger partial charge in [0.1, 0.15) is 6.61 Å². The summed E-state index contributed by atoms with van der Waals surface area (Å²) in [6.07, 6.45) is 2.53. The van der Waals surface area contributed by atoms with Crippen LogP contribution in [0, 0.1) is 5.92 Å². The molecule has 0 aromatic heterocycles. The van der Waals surface area contributed by atoms with Crippen molar-refractivity contribution in [3.63, 3.8) is 0 Å².